The molecule has 1 N–H and O–H groups in total. The van der Waals surface area contributed by atoms with E-state index in [4.69, 9.17) is 21.1 Å². The Balaban J connectivity index is 1.94. The van der Waals surface area contributed by atoms with Crippen molar-refractivity contribution in [3.8, 4) is 11.5 Å². The average Bonchev–Trinajstić information content (AvgIpc) is 2.92. The van der Waals surface area contributed by atoms with Gasteiger partial charge >= 0.3 is 0 Å². The number of anilines is 1. The Bertz CT molecular complexity index is 620. The standard InChI is InChI=1S/C16H16ClNO2/c1-19-11-6-10(7-12(8-11)20-2)16-9-13-14(17)4-3-5-15(13)18-16/h3-8,16,18H,9H2,1-2H3. The highest BCUT2D eigenvalue weighted by Crippen LogP contribution is 2.39. The summed E-state index contributed by atoms with van der Waals surface area (Å²) in [5.74, 6) is 1.59. The first kappa shape index (κ1) is 13.1. The maximum Gasteiger partial charge on any atom is 0.122 e. The van der Waals surface area contributed by atoms with Gasteiger partial charge in [-0.05, 0) is 35.4 Å². The summed E-state index contributed by atoms with van der Waals surface area (Å²) >= 11 is 6.25. The quantitative estimate of drug-likeness (QED) is 0.924. The first-order valence-electron chi connectivity index (χ1n) is 6.48. The van der Waals surface area contributed by atoms with Gasteiger partial charge in [0.1, 0.15) is 11.5 Å². The van der Waals surface area contributed by atoms with E-state index in [1.807, 2.05) is 30.3 Å². The van der Waals surface area contributed by atoms with Crippen LogP contribution in [-0.4, -0.2) is 14.2 Å². The molecule has 1 unspecified atom stereocenters. The molecular formula is C16H16ClNO2. The minimum atomic E-state index is 0.189. The van der Waals surface area contributed by atoms with Crippen molar-refractivity contribution in [2.24, 2.45) is 0 Å². The minimum absolute atomic E-state index is 0.189. The molecule has 0 radical (unpaired) electrons. The van der Waals surface area contributed by atoms with E-state index in [1.54, 1.807) is 14.2 Å². The molecule has 104 valence electrons. The Hall–Kier alpha value is -1.87. The summed E-state index contributed by atoms with van der Waals surface area (Å²) in [4.78, 5) is 0. The van der Waals surface area contributed by atoms with Crippen molar-refractivity contribution in [2.75, 3.05) is 19.5 Å². The predicted octanol–water partition coefficient (Wildman–Crippen LogP) is 4.07. The molecule has 0 fully saturated rings. The van der Waals surface area contributed by atoms with Gasteiger partial charge in [0.2, 0.25) is 0 Å². The third kappa shape index (κ3) is 2.29. The third-order valence-electron chi connectivity index (χ3n) is 3.63. The van der Waals surface area contributed by atoms with E-state index in [1.165, 1.54) is 5.56 Å². The number of fused-ring (bicyclic) bond motifs is 1. The zero-order valence-corrected chi connectivity index (χ0v) is 12.2. The van der Waals surface area contributed by atoms with Gasteiger partial charge in [-0.1, -0.05) is 17.7 Å². The second-order valence-corrected chi connectivity index (χ2v) is 5.22. The summed E-state index contributed by atoms with van der Waals surface area (Å²) in [6.07, 6.45) is 0.866. The topological polar surface area (TPSA) is 30.5 Å². The molecule has 1 heterocycles. The fraction of sp³-hybridized carbons (Fsp3) is 0.250. The van der Waals surface area contributed by atoms with E-state index in [2.05, 4.69) is 11.4 Å². The summed E-state index contributed by atoms with van der Waals surface area (Å²) in [5.41, 5.74) is 3.40. The van der Waals surface area contributed by atoms with Gasteiger partial charge in [0.05, 0.1) is 20.3 Å². The number of nitrogens with one attached hydrogen (secondary N) is 1. The van der Waals surface area contributed by atoms with Crippen molar-refractivity contribution < 1.29 is 9.47 Å². The van der Waals surface area contributed by atoms with Crippen LogP contribution in [0.4, 0.5) is 5.69 Å². The molecular weight excluding hydrogens is 274 g/mol. The van der Waals surface area contributed by atoms with Crippen LogP contribution in [0.3, 0.4) is 0 Å². The number of ether oxygens (including phenoxy) is 2. The van der Waals surface area contributed by atoms with Crippen molar-refractivity contribution in [1.82, 2.24) is 0 Å². The first-order chi connectivity index (χ1) is 9.71. The lowest BCUT2D eigenvalue weighted by Gasteiger charge is -2.14. The molecule has 1 aliphatic rings. The van der Waals surface area contributed by atoms with Gasteiger partial charge in [-0.2, -0.15) is 0 Å². The highest BCUT2D eigenvalue weighted by molar-refractivity contribution is 6.31. The third-order valence-corrected chi connectivity index (χ3v) is 3.99. The maximum absolute atomic E-state index is 6.25. The Morgan fingerprint density at radius 1 is 1.10 bits per heavy atom. The molecule has 2 aromatic carbocycles. The maximum atomic E-state index is 6.25. The van der Waals surface area contributed by atoms with Crippen molar-refractivity contribution in [2.45, 2.75) is 12.5 Å². The summed E-state index contributed by atoms with van der Waals surface area (Å²) in [7, 11) is 3.32. The van der Waals surface area contributed by atoms with E-state index in [0.29, 0.717) is 0 Å². The minimum Gasteiger partial charge on any atom is -0.497 e. The fourth-order valence-corrected chi connectivity index (χ4v) is 2.83. The van der Waals surface area contributed by atoms with Crippen molar-refractivity contribution in [3.05, 3.63) is 52.5 Å². The highest BCUT2D eigenvalue weighted by Gasteiger charge is 2.24. The lowest BCUT2D eigenvalue weighted by Crippen LogP contribution is -2.06. The van der Waals surface area contributed by atoms with Gasteiger partial charge in [-0.3, -0.25) is 0 Å². The van der Waals surface area contributed by atoms with Gasteiger partial charge in [0, 0.05) is 23.2 Å². The number of methoxy groups -OCH3 is 2. The van der Waals surface area contributed by atoms with E-state index in [-0.39, 0.29) is 6.04 Å². The van der Waals surface area contributed by atoms with Crippen LogP contribution in [-0.2, 0) is 6.42 Å². The van der Waals surface area contributed by atoms with E-state index in [9.17, 15) is 0 Å². The molecule has 3 nitrogen and oxygen atoms in total. The molecule has 0 saturated heterocycles. The monoisotopic (exact) mass is 289 g/mol. The Morgan fingerprint density at radius 3 is 2.40 bits per heavy atom. The second-order valence-electron chi connectivity index (χ2n) is 4.81. The van der Waals surface area contributed by atoms with Gasteiger partial charge < -0.3 is 14.8 Å². The van der Waals surface area contributed by atoms with E-state index < -0.39 is 0 Å². The number of hydrogen-bond acceptors (Lipinski definition) is 3. The normalized spacial score (nSPS) is 16.4. The van der Waals surface area contributed by atoms with Gasteiger partial charge in [0.15, 0.2) is 0 Å². The second kappa shape index (κ2) is 5.25. The molecule has 4 heteroatoms. The lowest BCUT2D eigenvalue weighted by molar-refractivity contribution is 0.393. The summed E-state index contributed by atoms with van der Waals surface area (Å²) in [6, 6.07) is 12.1. The van der Waals surface area contributed by atoms with Gasteiger partial charge in [-0.25, -0.2) is 0 Å². The summed E-state index contributed by atoms with van der Waals surface area (Å²) in [6.45, 7) is 0. The molecule has 0 saturated carbocycles. The number of hydrogen-bond donors (Lipinski definition) is 1. The molecule has 0 amide bonds. The SMILES string of the molecule is COc1cc(OC)cc(C2Cc3c(Cl)cccc3N2)c1. The van der Waals surface area contributed by atoms with Crippen LogP contribution in [0, 0.1) is 0 Å². The van der Waals surface area contributed by atoms with Crippen LogP contribution >= 0.6 is 11.6 Å². The zero-order valence-electron chi connectivity index (χ0n) is 11.4. The molecule has 0 aromatic heterocycles. The molecule has 1 aliphatic heterocycles. The molecule has 20 heavy (non-hydrogen) atoms. The Labute approximate surface area is 123 Å². The largest absolute Gasteiger partial charge is 0.497 e. The van der Waals surface area contributed by atoms with Crippen molar-refractivity contribution in [1.29, 1.82) is 0 Å². The van der Waals surface area contributed by atoms with Gasteiger partial charge in [-0.15, -0.1) is 0 Å². The van der Waals surface area contributed by atoms with Crippen molar-refractivity contribution >= 4 is 17.3 Å². The van der Waals surface area contributed by atoms with Gasteiger partial charge in [0.25, 0.3) is 0 Å². The predicted molar refractivity (Wildman–Crippen MR) is 81.1 cm³/mol. The summed E-state index contributed by atoms with van der Waals surface area (Å²) < 4.78 is 10.6. The fourth-order valence-electron chi connectivity index (χ4n) is 2.58. The zero-order chi connectivity index (χ0) is 14.1. The van der Waals surface area contributed by atoms with Crippen LogP contribution in [0.25, 0.3) is 0 Å². The molecule has 1 atom stereocenters. The number of rotatable bonds is 3. The van der Waals surface area contributed by atoms with E-state index in [0.717, 1.165) is 34.2 Å². The van der Waals surface area contributed by atoms with Crippen LogP contribution in [0.1, 0.15) is 17.2 Å². The van der Waals surface area contributed by atoms with E-state index >= 15 is 0 Å². The Morgan fingerprint density at radius 2 is 1.80 bits per heavy atom. The first-order valence-corrected chi connectivity index (χ1v) is 6.86. The van der Waals surface area contributed by atoms with Crippen LogP contribution in [0.2, 0.25) is 5.02 Å². The lowest BCUT2D eigenvalue weighted by atomic mass is 10.0. The summed E-state index contributed by atoms with van der Waals surface area (Å²) in [5, 5.41) is 4.31. The molecule has 3 rings (SSSR count). The van der Waals surface area contributed by atoms with Crippen LogP contribution in [0.15, 0.2) is 36.4 Å². The van der Waals surface area contributed by atoms with Crippen LogP contribution in [0.5, 0.6) is 11.5 Å². The molecule has 0 aliphatic carbocycles. The van der Waals surface area contributed by atoms with Crippen molar-refractivity contribution in [3.63, 3.8) is 0 Å². The highest BCUT2D eigenvalue weighted by atomic mass is 35.5. The smallest absolute Gasteiger partial charge is 0.122 e. The average molecular weight is 290 g/mol. The number of halogens is 1. The molecule has 0 spiro atoms. The molecule has 2 aromatic rings. The molecule has 0 bridgehead atoms. The number of benzene rings is 2. The Kier molecular flexibility index (Phi) is 3.45. The van der Waals surface area contributed by atoms with Crippen LogP contribution < -0.4 is 14.8 Å².